The molecule has 0 atom stereocenters. The Hall–Kier alpha value is -2.16. The molecular formula is C14H13NO2. The molecule has 1 aromatic heterocycles. The maximum Gasteiger partial charge on any atom is 0.150 e. The summed E-state index contributed by atoms with van der Waals surface area (Å²) in [4.78, 5) is 15.1. The van der Waals surface area contributed by atoms with Gasteiger partial charge in [-0.15, -0.1) is 0 Å². The maximum absolute atomic E-state index is 11.1. The minimum atomic E-state index is 0.632. The van der Waals surface area contributed by atoms with Crippen LogP contribution < -0.4 is 4.74 Å². The lowest BCUT2D eigenvalue weighted by Gasteiger charge is -2.12. The van der Waals surface area contributed by atoms with Crippen LogP contribution in [0, 0.1) is 6.92 Å². The fourth-order valence-corrected chi connectivity index (χ4v) is 1.86. The summed E-state index contributed by atoms with van der Waals surface area (Å²) in [6, 6.07) is 7.49. The van der Waals surface area contributed by atoms with Crippen LogP contribution in [0.15, 0.2) is 36.7 Å². The van der Waals surface area contributed by atoms with Crippen LogP contribution in [0.5, 0.6) is 5.75 Å². The first-order valence-electron chi connectivity index (χ1n) is 5.30. The Labute approximate surface area is 100 Å². The van der Waals surface area contributed by atoms with Crippen LogP contribution in [-0.4, -0.2) is 18.4 Å². The van der Waals surface area contributed by atoms with Crippen molar-refractivity contribution in [3.8, 4) is 16.9 Å². The number of pyridine rings is 1. The molecule has 0 radical (unpaired) electrons. The minimum absolute atomic E-state index is 0.632. The second-order valence-electron chi connectivity index (χ2n) is 3.79. The van der Waals surface area contributed by atoms with Crippen molar-refractivity contribution < 1.29 is 9.53 Å². The number of benzene rings is 1. The van der Waals surface area contributed by atoms with Gasteiger partial charge in [-0.3, -0.25) is 9.78 Å². The zero-order valence-corrected chi connectivity index (χ0v) is 9.81. The Morgan fingerprint density at radius 2 is 1.94 bits per heavy atom. The summed E-state index contributed by atoms with van der Waals surface area (Å²) in [6.07, 6.45) is 4.25. The zero-order chi connectivity index (χ0) is 12.3. The van der Waals surface area contributed by atoms with E-state index in [2.05, 4.69) is 4.98 Å². The van der Waals surface area contributed by atoms with Gasteiger partial charge in [0.1, 0.15) is 5.75 Å². The second-order valence-corrected chi connectivity index (χ2v) is 3.79. The minimum Gasteiger partial charge on any atom is -0.496 e. The topological polar surface area (TPSA) is 39.2 Å². The van der Waals surface area contributed by atoms with Gasteiger partial charge < -0.3 is 4.74 Å². The van der Waals surface area contributed by atoms with E-state index < -0.39 is 0 Å². The maximum atomic E-state index is 11.1. The highest BCUT2D eigenvalue weighted by Crippen LogP contribution is 2.33. The number of methoxy groups -OCH3 is 1. The highest BCUT2D eigenvalue weighted by Gasteiger charge is 2.11. The number of carbonyl (C=O) groups excluding carboxylic acids is 1. The van der Waals surface area contributed by atoms with Crippen LogP contribution in [0.1, 0.15) is 15.9 Å². The smallest absolute Gasteiger partial charge is 0.150 e. The van der Waals surface area contributed by atoms with Gasteiger partial charge in [-0.25, -0.2) is 0 Å². The average Bonchev–Trinajstić information content (AvgIpc) is 2.38. The fraction of sp³-hybridized carbons (Fsp3) is 0.143. The molecular weight excluding hydrogens is 214 g/mol. The number of aldehydes is 1. The second kappa shape index (κ2) is 4.78. The van der Waals surface area contributed by atoms with E-state index in [1.807, 2.05) is 31.2 Å². The van der Waals surface area contributed by atoms with Crippen molar-refractivity contribution in [2.45, 2.75) is 6.92 Å². The van der Waals surface area contributed by atoms with E-state index in [1.54, 1.807) is 19.5 Å². The van der Waals surface area contributed by atoms with Gasteiger partial charge in [0, 0.05) is 23.5 Å². The number of rotatable bonds is 3. The van der Waals surface area contributed by atoms with Crippen LogP contribution in [0.2, 0.25) is 0 Å². The first-order chi connectivity index (χ1) is 8.26. The molecule has 0 aliphatic rings. The van der Waals surface area contributed by atoms with Crippen LogP contribution in [0.25, 0.3) is 11.1 Å². The molecule has 0 aliphatic carbocycles. The molecule has 1 heterocycles. The summed E-state index contributed by atoms with van der Waals surface area (Å²) in [5.41, 5.74) is 3.38. The first-order valence-corrected chi connectivity index (χ1v) is 5.30. The van der Waals surface area contributed by atoms with E-state index in [9.17, 15) is 4.79 Å². The van der Waals surface area contributed by atoms with Crippen LogP contribution >= 0.6 is 0 Å². The Morgan fingerprint density at radius 1 is 1.24 bits per heavy atom. The number of aromatic nitrogens is 1. The van der Waals surface area contributed by atoms with Crippen molar-refractivity contribution in [2.75, 3.05) is 7.11 Å². The number of hydrogen-bond donors (Lipinski definition) is 0. The highest BCUT2D eigenvalue weighted by atomic mass is 16.5. The van der Waals surface area contributed by atoms with E-state index in [0.717, 1.165) is 23.0 Å². The van der Waals surface area contributed by atoms with E-state index in [4.69, 9.17) is 4.74 Å². The summed E-state index contributed by atoms with van der Waals surface area (Å²) in [5, 5.41) is 0. The molecule has 3 heteroatoms. The van der Waals surface area contributed by atoms with Crippen LogP contribution in [-0.2, 0) is 0 Å². The third kappa shape index (κ3) is 2.18. The molecule has 0 spiro atoms. The molecule has 3 nitrogen and oxygen atoms in total. The quantitative estimate of drug-likeness (QED) is 0.757. The molecule has 0 saturated carbocycles. The predicted molar refractivity (Wildman–Crippen MR) is 66.3 cm³/mol. The Balaban J connectivity index is 2.70. The standard InChI is InChI=1S/C14H13NO2/c1-10-7-12(9-16)14(13(8-10)17-2)11-3-5-15-6-4-11/h3-9H,1-2H3. The lowest BCUT2D eigenvalue weighted by Crippen LogP contribution is -1.95. The summed E-state index contributed by atoms with van der Waals surface area (Å²) in [7, 11) is 1.61. The van der Waals surface area contributed by atoms with Crippen molar-refractivity contribution in [1.29, 1.82) is 0 Å². The largest absolute Gasteiger partial charge is 0.496 e. The lowest BCUT2D eigenvalue weighted by atomic mass is 9.98. The van der Waals surface area contributed by atoms with Crippen LogP contribution in [0.3, 0.4) is 0 Å². The van der Waals surface area contributed by atoms with Gasteiger partial charge in [0.25, 0.3) is 0 Å². The number of hydrogen-bond acceptors (Lipinski definition) is 3. The van der Waals surface area contributed by atoms with Gasteiger partial charge in [0.2, 0.25) is 0 Å². The first kappa shape index (κ1) is 11.3. The fourth-order valence-electron chi connectivity index (χ4n) is 1.86. The Morgan fingerprint density at radius 3 is 2.53 bits per heavy atom. The molecule has 0 fully saturated rings. The van der Waals surface area contributed by atoms with Gasteiger partial charge in [0.05, 0.1) is 7.11 Å². The van der Waals surface area contributed by atoms with Gasteiger partial charge in [-0.05, 0) is 42.3 Å². The zero-order valence-electron chi connectivity index (χ0n) is 9.81. The SMILES string of the molecule is COc1cc(C)cc(C=O)c1-c1ccncc1. The van der Waals surface area contributed by atoms with E-state index in [-0.39, 0.29) is 0 Å². The normalized spacial score (nSPS) is 10.0. The highest BCUT2D eigenvalue weighted by molar-refractivity contribution is 5.90. The molecule has 17 heavy (non-hydrogen) atoms. The number of carbonyl (C=O) groups is 1. The third-order valence-electron chi connectivity index (χ3n) is 2.59. The molecule has 0 amide bonds. The number of nitrogens with zero attached hydrogens (tertiary/aromatic N) is 1. The van der Waals surface area contributed by atoms with E-state index in [0.29, 0.717) is 11.3 Å². The number of aryl methyl sites for hydroxylation is 1. The molecule has 86 valence electrons. The Kier molecular flexibility index (Phi) is 3.19. The summed E-state index contributed by atoms with van der Waals surface area (Å²) in [5.74, 6) is 0.707. The molecule has 0 N–H and O–H groups in total. The van der Waals surface area contributed by atoms with Crippen molar-refractivity contribution in [2.24, 2.45) is 0 Å². The van der Waals surface area contributed by atoms with E-state index >= 15 is 0 Å². The van der Waals surface area contributed by atoms with Gasteiger partial charge in [-0.2, -0.15) is 0 Å². The molecule has 0 aliphatic heterocycles. The van der Waals surface area contributed by atoms with Crippen LogP contribution in [0.4, 0.5) is 0 Å². The van der Waals surface area contributed by atoms with Crippen molar-refractivity contribution >= 4 is 6.29 Å². The van der Waals surface area contributed by atoms with Crippen molar-refractivity contribution in [1.82, 2.24) is 4.98 Å². The average molecular weight is 227 g/mol. The van der Waals surface area contributed by atoms with Gasteiger partial charge in [0.15, 0.2) is 6.29 Å². The number of ether oxygens (including phenoxy) is 1. The summed E-state index contributed by atoms with van der Waals surface area (Å²) in [6.45, 7) is 1.94. The van der Waals surface area contributed by atoms with Crippen molar-refractivity contribution in [3.63, 3.8) is 0 Å². The van der Waals surface area contributed by atoms with Crippen molar-refractivity contribution in [3.05, 3.63) is 47.8 Å². The summed E-state index contributed by atoms with van der Waals surface area (Å²) < 4.78 is 5.34. The van der Waals surface area contributed by atoms with Gasteiger partial charge in [-0.1, -0.05) is 0 Å². The Bertz CT molecular complexity index is 535. The molecule has 1 aromatic carbocycles. The third-order valence-corrected chi connectivity index (χ3v) is 2.59. The molecule has 0 unspecified atom stereocenters. The molecule has 0 saturated heterocycles. The monoisotopic (exact) mass is 227 g/mol. The lowest BCUT2D eigenvalue weighted by molar-refractivity contribution is 0.112. The van der Waals surface area contributed by atoms with E-state index in [1.165, 1.54) is 0 Å². The molecule has 2 aromatic rings. The molecule has 2 rings (SSSR count). The predicted octanol–water partition coefficient (Wildman–Crippen LogP) is 2.88. The summed E-state index contributed by atoms with van der Waals surface area (Å²) >= 11 is 0. The van der Waals surface area contributed by atoms with Gasteiger partial charge >= 0.3 is 0 Å². The molecule has 0 bridgehead atoms.